The highest BCUT2D eigenvalue weighted by molar-refractivity contribution is 9.10. The number of anilines is 1. The van der Waals surface area contributed by atoms with Gasteiger partial charge < -0.3 is 14.2 Å². The third-order valence-corrected chi connectivity index (χ3v) is 4.73. The highest BCUT2D eigenvalue weighted by Gasteiger charge is 2.47. The fourth-order valence-electron chi connectivity index (χ4n) is 2.93. The lowest BCUT2D eigenvalue weighted by Gasteiger charge is -2.15. The smallest absolute Gasteiger partial charge is 0.435 e. The van der Waals surface area contributed by atoms with Crippen molar-refractivity contribution in [2.75, 3.05) is 26.3 Å². The molecule has 1 heterocycles. The number of ether oxygens (including phenoxy) is 3. The van der Waals surface area contributed by atoms with Gasteiger partial charge in [0.2, 0.25) is 5.75 Å². The molecule has 0 radical (unpaired) electrons. The van der Waals surface area contributed by atoms with Gasteiger partial charge in [-0.05, 0) is 36.4 Å². The molecule has 2 aromatic carbocycles. The van der Waals surface area contributed by atoms with Crippen LogP contribution in [0.2, 0.25) is 0 Å². The molecule has 1 amide bonds. The monoisotopic (exact) mass is 484 g/mol. The lowest BCUT2D eigenvalue weighted by atomic mass is 10.0. The molecule has 0 saturated carbocycles. The quantitative estimate of drug-likeness (QED) is 0.570. The zero-order valence-electron chi connectivity index (χ0n) is 16.1. The first-order chi connectivity index (χ1) is 14.2. The molecule has 0 unspecified atom stereocenters. The van der Waals surface area contributed by atoms with E-state index in [-0.39, 0.29) is 22.7 Å². The zero-order valence-corrected chi connectivity index (χ0v) is 17.7. The minimum atomic E-state index is -4.84. The number of benzene rings is 2. The highest BCUT2D eigenvalue weighted by Crippen LogP contribution is 2.42. The largest absolute Gasteiger partial charge is 0.493 e. The normalized spacial score (nSPS) is 15.4. The summed E-state index contributed by atoms with van der Waals surface area (Å²) in [5.41, 5.74) is -1.53. The van der Waals surface area contributed by atoms with Crippen LogP contribution in [0.25, 0.3) is 6.08 Å². The Balaban J connectivity index is 2.16. The number of amides is 1. The Morgan fingerprint density at radius 2 is 1.73 bits per heavy atom. The van der Waals surface area contributed by atoms with Gasteiger partial charge >= 0.3 is 6.18 Å². The van der Waals surface area contributed by atoms with Crippen LogP contribution in [0.1, 0.15) is 5.56 Å². The second-order valence-electron chi connectivity index (χ2n) is 6.02. The van der Waals surface area contributed by atoms with Gasteiger partial charge in [0, 0.05) is 10.0 Å². The topological polar surface area (TPSA) is 60.4 Å². The SMILES string of the molecule is COc1ccc(/C=C2\C(=O)N(c3cccc(Br)c3)N=C2C(F)(F)F)c(OC)c1OC. The first-order valence-corrected chi connectivity index (χ1v) is 9.27. The summed E-state index contributed by atoms with van der Waals surface area (Å²) in [7, 11) is 4.12. The second-order valence-corrected chi connectivity index (χ2v) is 6.94. The van der Waals surface area contributed by atoms with Gasteiger partial charge in [-0.1, -0.05) is 22.0 Å². The summed E-state index contributed by atoms with van der Waals surface area (Å²) in [5, 5.41) is 4.27. The maximum absolute atomic E-state index is 13.7. The fraction of sp³-hybridized carbons (Fsp3) is 0.200. The van der Waals surface area contributed by atoms with Crippen LogP contribution in [0.4, 0.5) is 18.9 Å². The van der Waals surface area contributed by atoms with E-state index in [1.165, 1.54) is 45.6 Å². The molecule has 10 heteroatoms. The van der Waals surface area contributed by atoms with Gasteiger partial charge in [0.25, 0.3) is 5.91 Å². The minimum absolute atomic E-state index is 0.125. The molecule has 158 valence electrons. The number of rotatable bonds is 5. The number of halogens is 4. The summed E-state index contributed by atoms with van der Waals surface area (Å²) in [4.78, 5) is 12.9. The molecular weight excluding hydrogens is 469 g/mol. The van der Waals surface area contributed by atoms with Crippen LogP contribution in [0, 0.1) is 0 Å². The van der Waals surface area contributed by atoms with Crippen molar-refractivity contribution in [2.45, 2.75) is 6.18 Å². The number of carbonyl (C=O) groups excluding carboxylic acids is 1. The second kappa shape index (κ2) is 8.39. The lowest BCUT2D eigenvalue weighted by molar-refractivity contribution is -0.114. The third-order valence-electron chi connectivity index (χ3n) is 4.23. The molecule has 0 atom stereocenters. The summed E-state index contributed by atoms with van der Waals surface area (Å²) < 4.78 is 57.3. The van der Waals surface area contributed by atoms with E-state index in [2.05, 4.69) is 21.0 Å². The molecule has 3 rings (SSSR count). The van der Waals surface area contributed by atoms with E-state index < -0.39 is 23.4 Å². The van der Waals surface area contributed by atoms with Gasteiger partial charge in [-0.15, -0.1) is 0 Å². The summed E-state index contributed by atoms with van der Waals surface area (Å²) in [6.07, 6.45) is -3.76. The summed E-state index contributed by atoms with van der Waals surface area (Å²) in [5.74, 6) is -0.277. The Hall–Kier alpha value is -3.01. The molecule has 2 aromatic rings. The van der Waals surface area contributed by atoms with Crippen molar-refractivity contribution in [3.05, 3.63) is 52.0 Å². The van der Waals surface area contributed by atoms with E-state index in [1.54, 1.807) is 12.1 Å². The van der Waals surface area contributed by atoms with Crippen LogP contribution in [0.3, 0.4) is 0 Å². The van der Waals surface area contributed by atoms with Crippen LogP contribution in [-0.2, 0) is 4.79 Å². The van der Waals surface area contributed by atoms with Crippen LogP contribution in [-0.4, -0.2) is 39.1 Å². The molecule has 1 aliphatic heterocycles. The first kappa shape index (κ1) is 21.7. The lowest BCUT2D eigenvalue weighted by Crippen LogP contribution is -2.25. The minimum Gasteiger partial charge on any atom is -0.493 e. The molecule has 0 aliphatic carbocycles. The number of hydrazone groups is 1. The van der Waals surface area contributed by atoms with Crippen LogP contribution in [0.15, 0.2) is 51.5 Å². The van der Waals surface area contributed by atoms with Crippen LogP contribution < -0.4 is 19.2 Å². The third kappa shape index (κ3) is 4.00. The number of alkyl halides is 3. The van der Waals surface area contributed by atoms with E-state index in [9.17, 15) is 18.0 Å². The number of hydrogen-bond donors (Lipinski definition) is 0. The predicted molar refractivity (Wildman–Crippen MR) is 109 cm³/mol. The van der Waals surface area contributed by atoms with Gasteiger partial charge in [0.1, 0.15) is 0 Å². The Morgan fingerprint density at radius 1 is 1.03 bits per heavy atom. The Kier molecular flexibility index (Phi) is 6.06. The van der Waals surface area contributed by atoms with Gasteiger partial charge in [-0.3, -0.25) is 4.79 Å². The number of methoxy groups -OCH3 is 3. The van der Waals surface area contributed by atoms with E-state index in [0.29, 0.717) is 15.2 Å². The molecule has 0 fully saturated rings. The Bertz CT molecular complexity index is 1050. The number of nitrogens with zero attached hydrogens (tertiary/aromatic N) is 2. The number of hydrogen-bond acceptors (Lipinski definition) is 5. The Labute approximate surface area is 178 Å². The number of carbonyl (C=O) groups is 1. The maximum Gasteiger partial charge on any atom is 0.435 e. The van der Waals surface area contributed by atoms with Crippen molar-refractivity contribution in [1.29, 1.82) is 0 Å². The molecule has 30 heavy (non-hydrogen) atoms. The molecular formula is C20H16BrF3N2O4. The molecule has 0 bridgehead atoms. The van der Waals surface area contributed by atoms with Crippen molar-refractivity contribution in [1.82, 2.24) is 0 Å². The fourth-order valence-corrected chi connectivity index (χ4v) is 3.32. The van der Waals surface area contributed by atoms with Crippen molar-refractivity contribution < 1.29 is 32.2 Å². The summed E-state index contributed by atoms with van der Waals surface area (Å²) in [6, 6.07) is 9.23. The average molecular weight is 485 g/mol. The van der Waals surface area contributed by atoms with E-state index in [1.807, 2.05) is 0 Å². The van der Waals surface area contributed by atoms with Crippen molar-refractivity contribution >= 4 is 39.3 Å². The van der Waals surface area contributed by atoms with Gasteiger partial charge in [0.15, 0.2) is 17.2 Å². The summed E-state index contributed by atoms with van der Waals surface area (Å²) >= 11 is 3.24. The van der Waals surface area contributed by atoms with Crippen LogP contribution >= 0.6 is 15.9 Å². The highest BCUT2D eigenvalue weighted by atomic mass is 79.9. The van der Waals surface area contributed by atoms with E-state index >= 15 is 0 Å². The average Bonchev–Trinajstić information content (AvgIpc) is 3.04. The molecule has 0 saturated heterocycles. The van der Waals surface area contributed by atoms with E-state index in [0.717, 1.165) is 6.08 Å². The first-order valence-electron chi connectivity index (χ1n) is 8.48. The van der Waals surface area contributed by atoms with Gasteiger partial charge in [-0.25, -0.2) is 0 Å². The van der Waals surface area contributed by atoms with Crippen LogP contribution in [0.5, 0.6) is 17.2 Å². The standard InChI is InChI=1S/C20H16BrF3N2O4/c1-28-15-8-7-11(16(29-2)17(15)30-3)9-14-18(20(22,23)24)25-26(19(14)27)13-6-4-5-12(21)10-13/h4-10H,1-3H3/b14-9-. The van der Waals surface area contributed by atoms with Crippen molar-refractivity contribution in [2.24, 2.45) is 5.10 Å². The summed E-state index contributed by atoms with van der Waals surface area (Å²) in [6.45, 7) is 0. The zero-order chi connectivity index (χ0) is 22.1. The van der Waals surface area contributed by atoms with E-state index in [4.69, 9.17) is 14.2 Å². The molecule has 0 N–H and O–H groups in total. The molecule has 0 aromatic heterocycles. The molecule has 1 aliphatic rings. The predicted octanol–water partition coefficient (Wildman–Crippen LogP) is 4.82. The molecule has 0 spiro atoms. The Morgan fingerprint density at radius 3 is 2.30 bits per heavy atom. The van der Waals surface area contributed by atoms with Crippen molar-refractivity contribution in [3.8, 4) is 17.2 Å². The maximum atomic E-state index is 13.7. The van der Waals surface area contributed by atoms with Crippen molar-refractivity contribution in [3.63, 3.8) is 0 Å². The molecule has 6 nitrogen and oxygen atoms in total. The van der Waals surface area contributed by atoms with Gasteiger partial charge in [-0.2, -0.15) is 23.3 Å². The van der Waals surface area contributed by atoms with Gasteiger partial charge in [0.05, 0.1) is 32.6 Å².